The van der Waals surface area contributed by atoms with E-state index in [1.54, 1.807) is 12.1 Å². The predicted molar refractivity (Wildman–Crippen MR) is 78.1 cm³/mol. The van der Waals surface area contributed by atoms with Crippen LogP contribution in [0.15, 0.2) is 24.3 Å². The van der Waals surface area contributed by atoms with Crippen molar-refractivity contribution in [1.82, 2.24) is 9.80 Å². The fourth-order valence-electron chi connectivity index (χ4n) is 2.33. The Morgan fingerprint density at radius 3 is 2.52 bits per heavy atom. The molecule has 1 aromatic carbocycles. The quantitative estimate of drug-likeness (QED) is 0.908. The maximum absolute atomic E-state index is 12.8. The number of nitrogens with one attached hydrogen (secondary N) is 1. The van der Waals surface area contributed by atoms with Gasteiger partial charge in [0.2, 0.25) is 5.91 Å². The fraction of sp³-hybridized carbons (Fsp3) is 0.467. The standard InChI is InChI=1S/C15H19FN4O/c1-12(10-17)20-8-6-19(7-9-20)11-15(21)18-14-4-2-13(16)3-5-14/h2-5,12H,6-9,11H2,1H3,(H,18,21). The molecule has 1 aliphatic rings. The number of amides is 1. The molecular formula is C15H19FN4O. The van der Waals surface area contributed by atoms with Gasteiger partial charge in [-0.1, -0.05) is 0 Å². The van der Waals surface area contributed by atoms with Crippen molar-refractivity contribution in [3.63, 3.8) is 0 Å². The van der Waals surface area contributed by atoms with Crippen molar-refractivity contribution in [2.45, 2.75) is 13.0 Å². The minimum Gasteiger partial charge on any atom is -0.325 e. The second-order valence-corrected chi connectivity index (χ2v) is 5.17. The van der Waals surface area contributed by atoms with Gasteiger partial charge in [-0.2, -0.15) is 5.26 Å². The summed E-state index contributed by atoms with van der Waals surface area (Å²) in [6, 6.07) is 7.86. The minimum atomic E-state index is -0.323. The number of halogens is 1. The summed E-state index contributed by atoms with van der Waals surface area (Å²) in [6.45, 7) is 5.31. The van der Waals surface area contributed by atoms with E-state index in [2.05, 4.69) is 21.2 Å². The summed E-state index contributed by atoms with van der Waals surface area (Å²) in [5.74, 6) is -0.431. The fourth-order valence-corrected chi connectivity index (χ4v) is 2.33. The Labute approximate surface area is 123 Å². The Kier molecular flexibility index (Phi) is 5.26. The van der Waals surface area contributed by atoms with Crippen molar-refractivity contribution in [2.24, 2.45) is 0 Å². The van der Waals surface area contributed by atoms with Gasteiger partial charge in [0.15, 0.2) is 0 Å². The third kappa shape index (κ3) is 4.52. The molecular weight excluding hydrogens is 271 g/mol. The third-order valence-electron chi connectivity index (χ3n) is 3.64. The predicted octanol–water partition coefficient (Wildman–Crippen LogP) is 1.29. The van der Waals surface area contributed by atoms with Gasteiger partial charge >= 0.3 is 0 Å². The number of hydrogen-bond acceptors (Lipinski definition) is 4. The van der Waals surface area contributed by atoms with E-state index in [0.717, 1.165) is 26.2 Å². The molecule has 0 radical (unpaired) electrons. The van der Waals surface area contributed by atoms with E-state index < -0.39 is 0 Å². The normalized spacial score (nSPS) is 18.0. The van der Waals surface area contributed by atoms with Crippen LogP contribution >= 0.6 is 0 Å². The lowest BCUT2D eigenvalue weighted by Crippen LogP contribution is -2.50. The van der Waals surface area contributed by atoms with Gasteiger partial charge in [-0.25, -0.2) is 4.39 Å². The molecule has 1 aliphatic heterocycles. The highest BCUT2D eigenvalue weighted by Crippen LogP contribution is 2.09. The second-order valence-electron chi connectivity index (χ2n) is 5.17. The molecule has 2 rings (SSSR count). The van der Waals surface area contributed by atoms with Crippen LogP contribution in [0.5, 0.6) is 0 Å². The van der Waals surface area contributed by atoms with Gasteiger partial charge in [-0.15, -0.1) is 0 Å². The molecule has 0 spiro atoms. The first-order chi connectivity index (χ1) is 10.1. The van der Waals surface area contributed by atoms with Gasteiger partial charge in [0.1, 0.15) is 5.82 Å². The first-order valence-electron chi connectivity index (χ1n) is 7.00. The zero-order valence-corrected chi connectivity index (χ0v) is 12.1. The third-order valence-corrected chi connectivity index (χ3v) is 3.64. The number of carbonyl (C=O) groups is 1. The average molecular weight is 290 g/mol. The van der Waals surface area contributed by atoms with E-state index in [1.165, 1.54) is 12.1 Å². The molecule has 1 aromatic rings. The number of rotatable bonds is 4. The lowest BCUT2D eigenvalue weighted by molar-refractivity contribution is -0.117. The van der Waals surface area contributed by atoms with E-state index in [9.17, 15) is 9.18 Å². The van der Waals surface area contributed by atoms with Crippen molar-refractivity contribution in [1.29, 1.82) is 5.26 Å². The zero-order valence-electron chi connectivity index (χ0n) is 12.1. The van der Waals surface area contributed by atoms with Crippen LogP contribution in [0.3, 0.4) is 0 Å². The lowest BCUT2D eigenvalue weighted by atomic mass is 10.2. The Hall–Kier alpha value is -1.97. The number of nitrogens with zero attached hydrogens (tertiary/aromatic N) is 3. The van der Waals surface area contributed by atoms with E-state index in [0.29, 0.717) is 12.2 Å². The molecule has 0 aromatic heterocycles. The summed E-state index contributed by atoms with van der Waals surface area (Å²) < 4.78 is 12.8. The van der Waals surface area contributed by atoms with Crippen LogP contribution in [0.4, 0.5) is 10.1 Å². The SMILES string of the molecule is CC(C#N)N1CCN(CC(=O)Nc2ccc(F)cc2)CC1. The van der Waals surface area contributed by atoms with Crippen LogP contribution in [-0.4, -0.2) is 54.5 Å². The maximum atomic E-state index is 12.8. The lowest BCUT2D eigenvalue weighted by Gasteiger charge is -2.35. The van der Waals surface area contributed by atoms with Gasteiger partial charge in [0.05, 0.1) is 18.7 Å². The first-order valence-corrected chi connectivity index (χ1v) is 7.00. The first kappa shape index (κ1) is 15.4. The topological polar surface area (TPSA) is 59.4 Å². The number of carbonyl (C=O) groups excluding carboxylic acids is 1. The zero-order chi connectivity index (χ0) is 15.2. The molecule has 112 valence electrons. The molecule has 0 aliphatic carbocycles. The van der Waals surface area contributed by atoms with Crippen molar-refractivity contribution < 1.29 is 9.18 Å². The molecule has 0 bridgehead atoms. The number of nitriles is 1. The minimum absolute atomic E-state index is 0.0832. The van der Waals surface area contributed by atoms with Crippen LogP contribution in [0, 0.1) is 17.1 Å². The molecule has 1 atom stereocenters. The molecule has 1 N–H and O–H groups in total. The van der Waals surface area contributed by atoms with Crippen LogP contribution in [0.25, 0.3) is 0 Å². The van der Waals surface area contributed by atoms with Gasteiger partial charge in [0.25, 0.3) is 0 Å². The summed E-state index contributed by atoms with van der Waals surface area (Å²) in [7, 11) is 0. The summed E-state index contributed by atoms with van der Waals surface area (Å²) >= 11 is 0. The van der Waals surface area contributed by atoms with E-state index >= 15 is 0 Å². The Morgan fingerprint density at radius 1 is 1.33 bits per heavy atom. The molecule has 5 nitrogen and oxygen atoms in total. The molecule has 1 saturated heterocycles. The second kappa shape index (κ2) is 7.16. The van der Waals surface area contributed by atoms with Crippen molar-refractivity contribution in [2.75, 3.05) is 38.0 Å². The molecule has 1 fully saturated rings. The van der Waals surface area contributed by atoms with Gasteiger partial charge in [-0.05, 0) is 31.2 Å². The van der Waals surface area contributed by atoms with Crippen LogP contribution in [-0.2, 0) is 4.79 Å². The van der Waals surface area contributed by atoms with Crippen LogP contribution < -0.4 is 5.32 Å². The van der Waals surface area contributed by atoms with Crippen LogP contribution in [0.1, 0.15) is 6.92 Å². The molecule has 1 amide bonds. The van der Waals surface area contributed by atoms with E-state index in [4.69, 9.17) is 5.26 Å². The summed E-state index contributed by atoms with van der Waals surface area (Å²) in [4.78, 5) is 16.1. The van der Waals surface area contributed by atoms with Crippen LogP contribution in [0.2, 0.25) is 0 Å². The molecule has 1 unspecified atom stereocenters. The number of piperazine rings is 1. The number of anilines is 1. The summed E-state index contributed by atoms with van der Waals surface area (Å²) in [5.41, 5.74) is 0.595. The molecule has 0 saturated carbocycles. The molecule has 6 heteroatoms. The van der Waals surface area contributed by atoms with Gasteiger partial charge in [-0.3, -0.25) is 14.6 Å². The van der Waals surface area contributed by atoms with E-state index in [-0.39, 0.29) is 17.8 Å². The van der Waals surface area contributed by atoms with Gasteiger partial charge < -0.3 is 5.32 Å². The van der Waals surface area contributed by atoms with Crippen molar-refractivity contribution in [3.8, 4) is 6.07 Å². The van der Waals surface area contributed by atoms with Crippen molar-refractivity contribution >= 4 is 11.6 Å². The summed E-state index contributed by atoms with van der Waals surface area (Å²) in [5, 5.41) is 11.6. The average Bonchev–Trinajstić information content (AvgIpc) is 2.49. The number of benzene rings is 1. The molecule has 21 heavy (non-hydrogen) atoms. The Morgan fingerprint density at radius 2 is 1.95 bits per heavy atom. The summed E-state index contributed by atoms with van der Waals surface area (Å²) in [6.07, 6.45) is 0. The number of hydrogen-bond donors (Lipinski definition) is 1. The smallest absolute Gasteiger partial charge is 0.238 e. The Balaban J connectivity index is 1.77. The highest BCUT2D eigenvalue weighted by molar-refractivity contribution is 5.92. The maximum Gasteiger partial charge on any atom is 0.238 e. The van der Waals surface area contributed by atoms with Gasteiger partial charge in [0, 0.05) is 31.9 Å². The monoisotopic (exact) mass is 290 g/mol. The van der Waals surface area contributed by atoms with E-state index in [1.807, 2.05) is 6.92 Å². The van der Waals surface area contributed by atoms with Crippen molar-refractivity contribution in [3.05, 3.63) is 30.1 Å². The molecule has 1 heterocycles. The Bertz CT molecular complexity index is 517. The highest BCUT2D eigenvalue weighted by atomic mass is 19.1. The largest absolute Gasteiger partial charge is 0.325 e. The highest BCUT2D eigenvalue weighted by Gasteiger charge is 2.21.